The van der Waals surface area contributed by atoms with Crippen LogP contribution in [-0.4, -0.2) is 20.5 Å². The van der Waals surface area contributed by atoms with Crippen LogP contribution in [-0.2, 0) is 0 Å². The number of carboxylic acid groups (broad SMARTS) is 1. The molecular formula is C13H9FN2O2S. The molecule has 3 aromatic rings. The van der Waals surface area contributed by atoms with Crippen LogP contribution in [0.15, 0.2) is 29.8 Å². The maximum absolute atomic E-state index is 13.2. The maximum Gasteiger partial charge on any atom is 0.353 e. The fraction of sp³-hybridized carbons (Fsp3) is 0.0769. The van der Waals surface area contributed by atoms with E-state index in [-0.39, 0.29) is 11.5 Å². The number of fused-ring (bicyclic) bond motifs is 1. The van der Waals surface area contributed by atoms with Crippen LogP contribution in [0.1, 0.15) is 16.1 Å². The molecule has 0 unspecified atom stereocenters. The molecule has 0 radical (unpaired) electrons. The fourth-order valence-electron chi connectivity index (χ4n) is 1.88. The second kappa shape index (κ2) is 4.17. The van der Waals surface area contributed by atoms with Gasteiger partial charge in [0, 0.05) is 17.1 Å². The summed E-state index contributed by atoms with van der Waals surface area (Å²) in [5.74, 6) is -1.26. The van der Waals surface area contributed by atoms with Crippen LogP contribution in [0.25, 0.3) is 16.2 Å². The zero-order valence-corrected chi connectivity index (χ0v) is 10.7. The number of nitrogens with zero attached hydrogens (tertiary/aromatic N) is 2. The van der Waals surface area contributed by atoms with E-state index >= 15 is 0 Å². The van der Waals surface area contributed by atoms with Gasteiger partial charge in [-0.3, -0.25) is 4.40 Å². The van der Waals surface area contributed by atoms with Gasteiger partial charge in [-0.25, -0.2) is 14.2 Å². The van der Waals surface area contributed by atoms with Crippen molar-refractivity contribution < 1.29 is 14.3 Å². The van der Waals surface area contributed by atoms with Gasteiger partial charge in [-0.15, -0.1) is 11.3 Å². The molecule has 6 heteroatoms. The topological polar surface area (TPSA) is 54.6 Å². The maximum atomic E-state index is 13.2. The van der Waals surface area contributed by atoms with E-state index in [1.54, 1.807) is 30.6 Å². The molecule has 1 N–H and O–H groups in total. The summed E-state index contributed by atoms with van der Waals surface area (Å²) in [5.41, 5.74) is 2.12. The number of rotatable bonds is 2. The van der Waals surface area contributed by atoms with Crippen LogP contribution in [0.3, 0.4) is 0 Å². The first-order chi connectivity index (χ1) is 9.06. The van der Waals surface area contributed by atoms with Crippen molar-refractivity contribution >= 4 is 22.3 Å². The highest BCUT2D eigenvalue weighted by Gasteiger charge is 2.14. The summed E-state index contributed by atoms with van der Waals surface area (Å²) in [5, 5.41) is 10.6. The van der Waals surface area contributed by atoms with Gasteiger partial charge in [-0.2, -0.15) is 0 Å². The molecule has 0 amide bonds. The highest BCUT2D eigenvalue weighted by Crippen LogP contribution is 2.25. The smallest absolute Gasteiger partial charge is 0.353 e. The SMILES string of the molecule is Cc1cc(-c2cn3c(C(=O)O)csc3n2)ccc1F. The quantitative estimate of drug-likeness (QED) is 0.782. The Morgan fingerprint density at radius 2 is 2.26 bits per heavy atom. The summed E-state index contributed by atoms with van der Waals surface area (Å²) >= 11 is 1.26. The number of aryl methyl sites for hydroxylation is 1. The van der Waals surface area contributed by atoms with E-state index in [0.717, 1.165) is 5.56 Å². The van der Waals surface area contributed by atoms with E-state index in [0.29, 0.717) is 16.2 Å². The number of hydrogen-bond acceptors (Lipinski definition) is 3. The lowest BCUT2D eigenvalue weighted by atomic mass is 10.1. The van der Waals surface area contributed by atoms with Crippen molar-refractivity contribution in [1.82, 2.24) is 9.38 Å². The van der Waals surface area contributed by atoms with Crippen LogP contribution in [0, 0.1) is 12.7 Å². The van der Waals surface area contributed by atoms with Crippen LogP contribution in [0.4, 0.5) is 4.39 Å². The van der Waals surface area contributed by atoms with E-state index in [1.807, 2.05) is 0 Å². The lowest BCUT2D eigenvalue weighted by molar-refractivity contribution is 0.0689. The third-order valence-electron chi connectivity index (χ3n) is 2.88. The summed E-state index contributed by atoms with van der Waals surface area (Å²) in [6, 6.07) is 4.72. The molecule has 0 saturated carbocycles. The molecule has 1 aromatic carbocycles. The Labute approximate surface area is 111 Å². The molecule has 4 nitrogen and oxygen atoms in total. The summed E-state index contributed by atoms with van der Waals surface area (Å²) in [6.45, 7) is 1.68. The molecule has 3 rings (SSSR count). The van der Waals surface area contributed by atoms with Crippen molar-refractivity contribution in [3.05, 3.63) is 46.9 Å². The molecule has 0 aliphatic heterocycles. The lowest BCUT2D eigenvalue weighted by Crippen LogP contribution is -1.99. The van der Waals surface area contributed by atoms with Gasteiger partial charge in [0.2, 0.25) is 0 Å². The Morgan fingerprint density at radius 1 is 1.47 bits per heavy atom. The second-order valence-electron chi connectivity index (χ2n) is 4.17. The summed E-state index contributed by atoms with van der Waals surface area (Å²) in [6.07, 6.45) is 1.65. The van der Waals surface area contributed by atoms with Crippen molar-refractivity contribution in [1.29, 1.82) is 0 Å². The molecule has 0 aliphatic carbocycles. The van der Waals surface area contributed by atoms with Crippen molar-refractivity contribution in [2.75, 3.05) is 0 Å². The molecule has 0 fully saturated rings. The third-order valence-corrected chi connectivity index (χ3v) is 3.72. The average molecular weight is 276 g/mol. The number of aromatic nitrogens is 2. The van der Waals surface area contributed by atoms with E-state index in [4.69, 9.17) is 5.11 Å². The Balaban J connectivity index is 2.15. The minimum atomic E-state index is -0.995. The monoisotopic (exact) mass is 276 g/mol. The van der Waals surface area contributed by atoms with Crippen LogP contribution >= 0.6 is 11.3 Å². The Hall–Kier alpha value is -2.21. The number of halogens is 1. The van der Waals surface area contributed by atoms with Gasteiger partial charge in [0.1, 0.15) is 11.5 Å². The fourth-order valence-corrected chi connectivity index (χ4v) is 2.73. The van der Waals surface area contributed by atoms with E-state index in [9.17, 15) is 9.18 Å². The number of aromatic carboxylic acids is 1. The summed E-state index contributed by atoms with van der Waals surface area (Å²) in [4.78, 5) is 16.0. The first-order valence-electron chi connectivity index (χ1n) is 5.52. The van der Waals surface area contributed by atoms with E-state index < -0.39 is 5.97 Å². The normalized spacial score (nSPS) is 11.1. The molecule has 0 aliphatic rings. The molecule has 2 heterocycles. The van der Waals surface area contributed by atoms with Crippen molar-refractivity contribution in [2.45, 2.75) is 6.92 Å². The molecule has 19 heavy (non-hydrogen) atoms. The number of imidazole rings is 1. The second-order valence-corrected chi connectivity index (χ2v) is 5.01. The van der Waals surface area contributed by atoms with Crippen molar-refractivity contribution in [3.63, 3.8) is 0 Å². The number of carbonyl (C=O) groups is 1. The molecule has 96 valence electrons. The van der Waals surface area contributed by atoms with E-state index in [2.05, 4.69) is 4.98 Å². The van der Waals surface area contributed by atoms with Gasteiger partial charge in [-0.1, -0.05) is 0 Å². The van der Waals surface area contributed by atoms with Crippen LogP contribution < -0.4 is 0 Å². The summed E-state index contributed by atoms with van der Waals surface area (Å²) in [7, 11) is 0. The molecule has 0 bridgehead atoms. The summed E-state index contributed by atoms with van der Waals surface area (Å²) < 4.78 is 14.8. The van der Waals surface area contributed by atoms with Gasteiger partial charge in [-0.05, 0) is 30.7 Å². The molecular weight excluding hydrogens is 267 g/mol. The van der Waals surface area contributed by atoms with Gasteiger partial charge < -0.3 is 5.11 Å². The minimum Gasteiger partial charge on any atom is -0.477 e. The van der Waals surface area contributed by atoms with Crippen LogP contribution in [0.5, 0.6) is 0 Å². The first kappa shape index (κ1) is 11.9. The Kier molecular flexibility index (Phi) is 2.60. The molecule has 2 aromatic heterocycles. The van der Waals surface area contributed by atoms with Crippen molar-refractivity contribution in [2.24, 2.45) is 0 Å². The van der Waals surface area contributed by atoms with Gasteiger partial charge in [0.05, 0.1) is 5.69 Å². The van der Waals surface area contributed by atoms with Gasteiger partial charge in [0.15, 0.2) is 4.96 Å². The minimum absolute atomic E-state index is 0.178. The molecule has 0 saturated heterocycles. The number of benzene rings is 1. The average Bonchev–Trinajstić information content (AvgIpc) is 2.91. The number of thiazole rings is 1. The van der Waals surface area contributed by atoms with Gasteiger partial charge in [0.25, 0.3) is 0 Å². The Morgan fingerprint density at radius 3 is 2.95 bits per heavy atom. The van der Waals surface area contributed by atoms with Crippen LogP contribution in [0.2, 0.25) is 0 Å². The zero-order valence-electron chi connectivity index (χ0n) is 9.92. The highest BCUT2D eigenvalue weighted by molar-refractivity contribution is 7.15. The Bertz CT molecular complexity index is 791. The number of hydrogen-bond donors (Lipinski definition) is 1. The predicted molar refractivity (Wildman–Crippen MR) is 70.2 cm³/mol. The standard InChI is InChI=1S/C13H9FN2O2S/c1-7-4-8(2-3-9(7)14)10-5-16-11(12(17)18)6-19-13(16)15-10/h2-6H,1H3,(H,17,18). The van der Waals surface area contributed by atoms with Crippen molar-refractivity contribution in [3.8, 4) is 11.3 Å². The zero-order chi connectivity index (χ0) is 13.6. The van der Waals surface area contributed by atoms with Gasteiger partial charge >= 0.3 is 5.97 Å². The predicted octanol–water partition coefficient (Wildman–Crippen LogP) is 3.21. The third kappa shape index (κ3) is 1.90. The number of carboxylic acids is 1. The highest BCUT2D eigenvalue weighted by atomic mass is 32.1. The molecule has 0 atom stereocenters. The molecule has 0 spiro atoms. The lowest BCUT2D eigenvalue weighted by Gasteiger charge is -1.99. The van der Waals surface area contributed by atoms with E-state index in [1.165, 1.54) is 21.8 Å². The largest absolute Gasteiger partial charge is 0.477 e. The first-order valence-corrected chi connectivity index (χ1v) is 6.40.